The molecule has 0 aromatic heterocycles. The number of Topliss-reactive ketones (excluding diaryl/α,β-unsaturated/α-hetero) is 1. The molecule has 3 heterocycles. The van der Waals surface area contributed by atoms with Crippen LogP contribution >= 0.6 is 0 Å². The molecule has 6 unspecified atom stereocenters. The van der Waals surface area contributed by atoms with Crippen LogP contribution in [0, 0.1) is 23.7 Å². The minimum absolute atomic E-state index is 0.0677. The van der Waals surface area contributed by atoms with Crippen LogP contribution in [0.3, 0.4) is 0 Å². The Morgan fingerprint density at radius 1 is 0.961 bits per heavy atom. The van der Waals surface area contributed by atoms with Crippen molar-refractivity contribution in [2.24, 2.45) is 23.7 Å². The fourth-order valence-electron chi connectivity index (χ4n) is 7.99. The van der Waals surface area contributed by atoms with Crippen LogP contribution in [0.5, 0.6) is 0 Å². The first-order chi connectivity index (χ1) is 23.6. The molecule has 0 spiro atoms. The average Bonchev–Trinajstić information content (AvgIpc) is 3.08. The van der Waals surface area contributed by atoms with Crippen LogP contribution in [0.4, 0.5) is 0 Å². The highest BCUT2D eigenvalue weighted by atomic mass is 16.7. The number of cyclic esters (lactones) is 1. The highest BCUT2D eigenvalue weighted by molar-refractivity contribution is 5.83. The van der Waals surface area contributed by atoms with E-state index in [2.05, 4.69) is 0 Å². The Kier molecular flexibility index (Phi) is 14.6. The fourth-order valence-corrected chi connectivity index (χ4v) is 7.99. The van der Waals surface area contributed by atoms with Crippen LogP contribution in [0.2, 0.25) is 0 Å². The number of carbonyl (C=O) groups excluding carboxylic acids is 2. The van der Waals surface area contributed by atoms with Gasteiger partial charge in [-0.1, -0.05) is 27.7 Å². The van der Waals surface area contributed by atoms with Crippen molar-refractivity contribution in [2.45, 2.75) is 160 Å². The predicted molar refractivity (Wildman–Crippen MR) is 186 cm³/mol. The lowest BCUT2D eigenvalue weighted by Gasteiger charge is -2.49. The normalized spacial score (nSPS) is 46.5. The first kappa shape index (κ1) is 43.5. The van der Waals surface area contributed by atoms with Crippen LogP contribution in [-0.4, -0.2) is 137 Å². The summed E-state index contributed by atoms with van der Waals surface area (Å²) in [6, 6.07) is -0.286. The SMILES string of the molecule is CC[C@H]1OC(=O)[C@H](C)[C@@H](OC2CC(C)(OC)C(O)=CO2)[C@H](C)[C@@H](OC2OC(C)CC(N(C)C)C2O)[C@](C)(OC)C[C@@H](C)C(=O)[C@H](C)[C@@H](O)[C@]1(C)O. The van der Waals surface area contributed by atoms with E-state index in [0.29, 0.717) is 6.42 Å². The highest BCUT2D eigenvalue weighted by Gasteiger charge is 2.53. The number of aliphatic hydroxyl groups is 4. The summed E-state index contributed by atoms with van der Waals surface area (Å²) in [5.74, 6) is -4.65. The number of hydrogen-bond donors (Lipinski definition) is 4. The maximum Gasteiger partial charge on any atom is 0.311 e. The lowest BCUT2D eigenvalue weighted by atomic mass is 9.74. The van der Waals surface area contributed by atoms with Crippen LogP contribution < -0.4 is 0 Å². The molecule has 2 saturated heterocycles. The summed E-state index contributed by atoms with van der Waals surface area (Å²) in [6.45, 7) is 15.2. The van der Waals surface area contributed by atoms with Crippen molar-refractivity contribution in [3.05, 3.63) is 12.0 Å². The number of aliphatic hydroxyl groups excluding tert-OH is 3. The molecule has 3 rings (SSSR count). The zero-order valence-corrected chi connectivity index (χ0v) is 32.8. The number of nitrogens with zero attached hydrogens (tertiary/aromatic N) is 1. The Balaban J connectivity index is 2.21. The number of ketones is 1. The smallest absolute Gasteiger partial charge is 0.311 e. The highest BCUT2D eigenvalue weighted by Crippen LogP contribution is 2.41. The number of ether oxygens (including phenoxy) is 7. The molecule has 0 aliphatic carbocycles. The first-order valence-corrected chi connectivity index (χ1v) is 18.2. The van der Waals surface area contributed by atoms with Crippen molar-refractivity contribution in [1.29, 1.82) is 0 Å². The zero-order chi connectivity index (χ0) is 38.8. The van der Waals surface area contributed by atoms with Crippen LogP contribution in [-0.2, 0) is 42.7 Å². The number of methoxy groups -OCH3 is 2. The summed E-state index contributed by atoms with van der Waals surface area (Å²) in [5, 5.41) is 45.0. The number of carbonyl (C=O) groups is 2. The zero-order valence-electron chi connectivity index (χ0n) is 32.8. The van der Waals surface area contributed by atoms with Crippen LogP contribution in [0.1, 0.15) is 88.0 Å². The van der Waals surface area contributed by atoms with Crippen molar-refractivity contribution in [1.82, 2.24) is 4.90 Å². The van der Waals surface area contributed by atoms with E-state index in [1.807, 2.05) is 32.8 Å². The molecular weight excluding hydrogens is 666 g/mol. The molecule has 14 nitrogen and oxygen atoms in total. The molecule has 0 aromatic rings. The summed E-state index contributed by atoms with van der Waals surface area (Å²) in [6.07, 6.45) is -6.12. The third-order valence-corrected chi connectivity index (χ3v) is 11.7. The minimum atomic E-state index is -1.97. The van der Waals surface area contributed by atoms with Crippen molar-refractivity contribution in [2.75, 3.05) is 28.3 Å². The van der Waals surface area contributed by atoms with E-state index in [9.17, 15) is 30.0 Å². The molecule has 0 saturated carbocycles. The van der Waals surface area contributed by atoms with Gasteiger partial charge in [0.05, 0.1) is 35.9 Å². The molecular formula is C37H65NO13. The Bertz CT molecular complexity index is 1210. The predicted octanol–water partition coefficient (Wildman–Crippen LogP) is 3.09. The first-order valence-electron chi connectivity index (χ1n) is 18.2. The van der Waals surface area contributed by atoms with Gasteiger partial charge in [0.2, 0.25) is 6.29 Å². The van der Waals surface area contributed by atoms with Gasteiger partial charge in [0.25, 0.3) is 0 Å². The Morgan fingerprint density at radius 2 is 1.59 bits per heavy atom. The molecule has 0 amide bonds. The molecule has 0 radical (unpaired) electrons. The van der Waals surface area contributed by atoms with Gasteiger partial charge in [-0.2, -0.15) is 0 Å². The van der Waals surface area contributed by atoms with Crippen molar-refractivity contribution in [3.63, 3.8) is 0 Å². The van der Waals surface area contributed by atoms with E-state index >= 15 is 0 Å². The third kappa shape index (κ3) is 9.26. The van der Waals surface area contributed by atoms with Gasteiger partial charge >= 0.3 is 5.97 Å². The van der Waals surface area contributed by atoms with Crippen molar-refractivity contribution in [3.8, 4) is 0 Å². The molecule has 4 N–H and O–H groups in total. The van der Waals surface area contributed by atoms with Crippen molar-refractivity contribution < 1.29 is 63.2 Å². The molecule has 51 heavy (non-hydrogen) atoms. The largest absolute Gasteiger partial charge is 0.506 e. The standard InChI is InChI=1S/C37H65NO13/c1-14-26-37(9,44)31(42)21(4)28(40)19(2)16-36(8,46-13)32(51-34-29(41)24(38(10)11)15-20(3)48-34)22(5)30(23(6)33(43)49-26)50-27-17-35(7,45-12)25(39)18-47-27/h18-24,26-27,29-32,34,39,41-42,44H,14-17H2,1-13H3/t19-,20?,21+,22+,23-,24?,26-,27?,29?,30+,31-,32-,34?,35?,36-,37-/m1/s1. The van der Waals surface area contributed by atoms with Crippen LogP contribution in [0.25, 0.3) is 0 Å². The third-order valence-electron chi connectivity index (χ3n) is 11.7. The monoisotopic (exact) mass is 731 g/mol. The lowest BCUT2D eigenvalue weighted by Crippen LogP contribution is -2.61. The number of hydrogen-bond acceptors (Lipinski definition) is 14. The van der Waals surface area contributed by atoms with Gasteiger partial charge in [0.1, 0.15) is 35.5 Å². The Hall–Kier alpha value is -1.88. The molecule has 0 aromatic carbocycles. The molecule has 0 bridgehead atoms. The van der Waals surface area contributed by atoms with E-state index in [0.717, 1.165) is 6.26 Å². The Labute approximate surface area is 303 Å². The van der Waals surface area contributed by atoms with E-state index < -0.39 is 89.5 Å². The lowest BCUT2D eigenvalue weighted by molar-refractivity contribution is -0.307. The molecule has 3 aliphatic rings. The molecule has 16 atom stereocenters. The van der Waals surface area contributed by atoms with Gasteiger partial charge in [0.15, 0.2) is 12.0 Å². The second-order valence-electron chi connectivity index (χ2n) is 15.9. The fraction of sp³-hybridized carbons (Fsp3) is 0.892. The second-order valence-corrected chi connectivity index (χ2v) is 15.9. The van der Waals surface area contributed by atoms with Crippen LogP contribution in [0.15, 0.2) is 12.0 Å². The van der Waals surface area contributed by atoms with Gasteiger partial charge in [-0.3, -0.25) is 9.59 Å². The summed E-state index contributed by atoms with van der Waals surface area (Å²) in [7, 11) is 6.70. The average molecular weight is 732 g/mol. The number of rotatable bonds is 8. The maximum atomic E-state index is 14.1. The van der Waals surface area contributed by atoms with Gasteiger partial charge in [0, 0.05) is 44.4 Å². The Morgan fingerprint density at radius 3 is 2.14 bits per heavy atom. The molecule has 296 valence electrons. The summed E-state index contributed by atoms with van der Waals surface area (Å²) in [4.78, 5) is 30.0. The van der Waals surface area contributed by atoms with E-state index in [-0.39, 0.29) is 43.0 Å². The van der Waals surface area contributed by atoms with E-state index in [4.69, 9.17) is 33.2 Å². The molecule has 14 heteroatoms. The van der Waals surface area contributed by atoms with Gasteiger partial charge in [-0.25, -0.2) is 0 Å². The molecule has 2 fully saturated rings. The van der Waals surface area contributed by atoms with Crippen molar-refractivity contribution >= 4 is 11.8 Å². The molecule has 3 aliphatic heterocycles. The topological polar surface area (TPSA) is 183 Å². The van der Waals surface area contributed by atoms with E-state index in [1.165, 1.54) is 21.1 Å². The maximum absolute atomic E-state index is 14.1. The number of likely N-dealkylation sites (N-methyl/N-ethyl adjacent to an activating group) is 1. The van der Waals surface area contributed by atoms with Gasteiger partial charge in [-0.15, -0.1) is 0 Å². The minimum Gasteiger partial charge on any atom is -0.506 e. The van der Waals surface area contributed by atoms with E-state index in [1.54, 1.807) is 41.5 Å². The summed E-state index contributed by atoms with van der Waals surface area (Å²) < 4.78 is 43.1. The second kappa shape index (κ2) is 17.1. The van der Waals surface area contributed by atoms with Gasteiger partial charge in [-0.05, 0) is 68.0 Å². The summed E-state index contributed by atoms with van der Waals surface area (Å²) >= 11 is 0. The summed E-state index contributed by atoms with van der Waals surface area (Å²) in [5.41, 5.74) is -4.36. The van der Waals surface area contributed by atoms with Gasteiger partial charge < -0.3 is 58.5 Å². The number of esters is 1. The quantitative estimate of drug-likeness (QED) is 0.267.